The zero-order valence-electron chi connectivity index (χ0n) is 17.7. The van der Waals surface area contributed by atoms with Gasteiger partial charge in [0, 0.05) is 45.7 Å². The first-order valence-corrected chi connectivity index (χ1v) is 10.9. The second-order valence-electron chi connectivity index (χ2n) is 7.62. The Morgan fingerprint density at radius 1 is 1.14 bits per heavy atom. The lowest BCUT2D eigenvalue weighted by Crippen LogP contribution is -2.40. The minimum absolute atomic E-state index is 0.263. The molecule has 2 aliphatic rings. The van der Waals surface area contributed by atoms with Crippen molar-refractivity contribution in [3.63, 3.8) is 0 Å². The summed E-state index contributed by atoms with van der Waals surface area (Å²) in [5, 5.41) is 6.78. The summed E-state index contributed by atoms with van der Waals surface area (Å²) >= 11 is 0. The summed E-state index contributed by atoms with van der Waals surface area (Å²) in [5.74, 6) is 1.11. The van der Waals surface area contributed by atoms with Gasteiger partial charge in [0.15, 0.2) is 5.96 Å². The highest BCUT2D eigenvalue weighted by atomic mass is 16.5. The van der Waals surface area contributed by atoms with E-state index in [2.05, 4.69) is 34.6 Å². The Bertz CT molecular complexity index is 673. The van der Waals surface area contributed by atoms with Gasteiger partial charge in [-0.25, -0.2) is 4.99 Å². The largest absolute Gasteiger partial charge is 0.379 e. The number of benzene rings is 1. The van der Waals surface area contributed by atoms with Gasteiger partial charge in [-0.05, 0) is 37.4 Å². The van der Waals surface area contributed by atoms with Crippen LogP contribution in [0.15, 0.2) is 29.3 Å². The van der Waals surface area contributed by atoms with E-state index in [1.54, 1.807) is 0 Å². The van der Waals surface area contributed by atoms with Crippen molar-refractivity contribution in [3.05, 3.63) is 35.4 Å². The molecule has 160 valence electrons. The topological polar surface area (TPSA) is 69.2 Å². The highest BCUT2D eigenvalue weighted by molar-refractivity contribution is 5.79. The molecule has 1 aromatic carbocycles. The molecule has 0 atom stereocenters. The molecule has 3 rings (SSSR count). The van der Waals surface area contributed by atoms with Crippen LogP contribution in [0.4, 0.5) is 0 Å². The van der Waals surface area contributed by atoms with Crippen LogP contribution in [0.25, 0.3) is 0 Å². The van der Waals surface area contributed by atoms with E-state index in [-0.39, 0.29) is 5.91 Å². The Labute approximate surface area is 174 Å². The van der Waals surface area contributed by atoms with Crippen molar-refractivity contribution in [1.29, 1.82) is 0 Å². The van der Waals surface area contributed by atoms with Crippen LogP contribution in [0.5, 0.6) is 0 Å². The van der Waals surface area contributed by atoms with Crippen LogP contribution in [-0.4, -0.2) is 74.1 Å². The van der Waals surface area contributed by atoms with Crippen molar-refractivity contribution in [2.75, 3.05) is 52.5 Å². The standard InChI is InChI=1S/C22H35N5O2/c1-2-23-22(24-10-6-11-26-13-15-29-16-14-26)25-17-19-7-3-4-8-20(19)18-27-12-5-9-21(27)28/h3-4,7-8H,2,5-6,9-18H2,1H3,(H2,23,24,25). The molecule has 2 heterocycles. The third kappa shape index (κ3) is 7.01. The number of likely N-dealkylation sites (tertiary alicyclic amines) is 1. The molecule has 7 nitrogen and oxygen atoms in total. The summed E-state index contributed by atoms with van der Waals surface area (Å²) in [7, 11) is 0. The molecule has 2 aliphatic heterocycles. The summed E-state index contributed by atoms with van der Waals surface area (Å²) in [4.78, 5) is 21.2. The summed E-state index contributed by atoms with van der Waals surface area (Å²) in [6.07, 6.45) is 2.73. The Morgan fingerprint density at radius 3 is 2.66 bits per heavy atom. The maximum absolute atomic E-state index is 12.0. The number of rotatable bonds is 9. The molecular weight excluding hydrogens is 366 g/mol. The van der Waals surface area contributed by atoms with Crippen LogP contribution in [0.3, 0.4) is 0 Å². The first-order chi connectivity index (χ1) is 14.3. The van der Waals surface area contributed by atoms with Crippen molar-refractivity contribution < 1.29 is 9.53 Å². The van der Waals surface area contributed by atoms with E-state index in [9.17, 15) is 4.79 Å². The van der Waals surface area contributed by atoms with Crippen LogP contribution < -0.4 is 10.6 Å². The molecule has 0 bridgehead atoms. The minimum Gasteiger partial charge on any atom is -0.379 e. The van der Waals surface area contributed by atoms with Gasteiger partial charge in [0.2, 0.25) is 5.91 Å². The zero-order valence-corrected chi connectivity index (χ0v) is 17.7. The highest BCUT2D eigenvalue weighted by Gasteiger charge is 2.20. The Balaban J connectivity index is 1.50. The average Bonchev–Trinajstić information content (AvgIpc) is 3.15. The summed E-state index contributed by atoms with van der Waals surface area (Å²) in [6.45, 7) is 10.8. The zero-order chi connectivity index (χ0) is 20.3. The predicted molar refractivity (Wildman–Crippen MR) is 116 cm³/mol. The molecule has 7 heteroatoms. The number of nitrogens with zero attached hydrogens (tertiary/aromatic N) is 3. The van der Waals surface area contributed by atoms with Gasteiger partial charge in [0.25, 0.3) is 0 Å². The summed E-state index contributed by atoms with van der Waals surface area (Å²) in [5.41, 5.74) is 2.37. The number of aliphatic imine (C=N–C) groups is 1. The molecule has 2 N–H and O–H groups in total. The van der Waals surface area contributed by atoms with Crippen molar-refractivity contribution in [1.82, 2.24) is 20.4 Å². The molecule has 1 amide bonds. The van der Waals surface area contributed by atoms with Crippen molar-refractivity contribution >= 4 is 11.9 Å². The molecule has 0 saturated carbocycles. The number of carbonyl (C=O) groups excluding carboxylic acids is 1. The lowest BCUT2D eigenvalue weighted by molar-refractivity contribution is -0.128. The van der Waals surface area contributed by atoms with Crippen LogP contribution in [0.2, 0.25) is 0 Å². The fourth-order valence-electron chi connectivity index (χ4n) is 3.78. The minimum atomic E-state index is 0.263. The van der Waals surface area contributed by atoms with Gasteiger partial charge < -0.3 is 20.3 Å². The fourth-order valence-corrected chi connectivity index (χ4v) is 3.78. The molecule has 0 spiro atoms. The van der Waals surface area contributed by atoms with Gasteiger partial charge in [0.05, 0.1) is 19.8 Å². The SMILES string of the molecule is CCNC(=NCc1ccccc1CN1CCCC1=O)NCCCN1CCOCC1. The summed E-state index contributed by atoms with van der Waals surface area (Å²) < 4.78 is 5.40. The molecule has 2 saturated heterocycles. The van der Waals surface area contributed by atoms with E-state index in [0.29, 0.717) is 19.5 Å². The molecule has 29 heavy (non-hydrogen) atoms. The van der Waals surface area contributed by atoms with E-state index in [1.165, 1.54) is 11.1 Å². The fraction of sp³-hybridized carbons (Fsp3) is 0.636. The van der Waals surface area contributed by atoms with Gasteiger partial charge in [-0.2, -0.15) is 0 Å². The number of hydrogen-bond donors (Lipinski definition) is 2. The smallest absolute Gasteiger partial charge is 0.222 e. The van der Waals surface area contributed by atoms with Crippen LogP contribution in [-0.2, 0) is 22.6 Å². The Kier molecular flexibility index (Phi) is 8.77. The van der Waals surface area contributed by atoms with E-state index in [4.69, 9.17) is 9.73 Å². The maximum atomic E-state index is 12.0. The van der Waals surface area contributed by atoms with Crippen molar-refractivity contribution in [2.24, 2.45) is 4.99 Å². The van der Waals surface area contributed by atoms with E-state index in [1.807, 2.05) is 17.0 Å². The number of hydrogen-bond acceptors (Lipinski definition) is 4. The monoisotopic (exact) mass is 401 g/mol. The lowest BCUT2D eigenvalue weighted by atomic mass is 10.1. The van der Waals surface area contributed by atoms with Gasteiger partial charge in [-0.15, -0.1) is 0 Å². The molecule has 0 radical (unpaired) electrons. The van der Waals surface area contributed by atoms with Crippen LogP contribution in [0.1, 0.15) is 37.3 Å². The Hall–Kier alpha value is -2.12. The molecule has 0 aliphatic carbocycles. The second kappa shape index (κ2) is 11.8. The molecular formula is C22H35N5O2. The second-order valence-corrected chi connectivity index (χ2v) is 7.62. The third-order valence-corrected chi connectivity index (χ3v) is 5.45. The van der Waals surface area contributed by atoms with E-state index in [0.717, 1.165) is 71.3 Å². The first kappa shape index (κ1) is 21.6. The number of morpholine rings is 1. The van der Waals surface area contributed by atoms with Crippen LogP contribution in [0, 0.1) is 0 Å². The molecule has 0 aromatic heterocycles. The average molecular weight is 402 g/mol. The number of amides is 1. The lowest BCUT2D eigenvalue weighted by Gasteiger charge is -2.26. The molecule has 0 unspecified atom stereocenters. The number of ether oxygens (including phenoxy) is 1. The van der Waals surface area contributed by atoms with Gasteiger partial charge >= 0.3 is 0 Å². The quantitative estimate of drug-likeness (QED) is 0.374. The number of nitrogens with one attached hydrogen (secondary N) is 2. The summed E-state index contributed by atoms with van der Waals surface area (Å²) in [6, 6.07) is 8.31. The highest BCUT2D eigenvalue weighted by Crippen LogP contribution is 2.17. The number of guanidine groups is 1. The van der Waals surface area contributed by atoms with E-state index >= 15 is 0 Å². The first-order valence-electron chi connectivity index (χ1n) is 10.9. The molecule has 2 fully saturated rings. The predicted octanol–water partition coefficient (Wildman–Crippen LogP) is 1.59. The van der Waals surface area contributed by atoms with Gasteiger partial charge in [-0.3, -0.25) is 9.69 Å². The third-order valence-electron chi connectivity index (χ3n) is 5.45. The van der Waals surface area contributed by atoms with Crippen molar-refractivity contribution in [2.45, 2.75) is 39.3 Å². The number of carbonyl (C=O) groups is 1. The maximum Gasteiger partial charge on any atom is 0.222 e. The Morgan fingerprint density at radius 2 is 1.93 bits per heavy atom. The van der Waals surface area contributed by atoms with Gasteiger partial charge in [0.1, 0.15) is 0 Å². The van der Waals surface area contributed by atoms with Crippen molar-refractivity contribution in [3.8, 4) is 0 Å². The van der Waals surface area contributed by atoms with Crippen LogP contribution >= 0.6 is 0 Å². The normalized spacial score (nSPS) is 18.3. The molecule has 1 aromatic rings. The van der Waals surface area contributed by atoms with E-state index < -0.39 is 0 Å². The van der Waals surface area contributed by atoms with Gasteiger partial charge in [-0.1, -0.05) is 24.3 Å².